The molecule has 1 aliphatic rings. The molecule has 1 heterocycles. The highest BCUT2D eigenvalue weighted by Gasteiger charge is 2.47. The first-order chi connectivity index (χ1) is 33.7. The van der Waals surface area contributed by atoms with Crippen molar-refractivity contribution >= 4 is 11.9 Å². The van der Waals surface area contributed by atoms with Gasteiger partial charge in [-0.2, -0.15) is 0 Å². The minimum Gasteiger partial charge on any atom is -0.454 e. The molecule has 396 valence electrons. The molecule has 0 bridgehead atoms. The third-order valence-corrected chi connectivity index (χ3v) is 12.4. The number of hydrogen-bond donors (Lipinski definition) is 6. The van der Waals surface area contributed by atoms with Crippen molar-refractivity contribution in [2.24, 2.45) is 0 Å². The van der Waals surface area contributed by atoms with E-state index in [9.17, 15) is 35.1 Å². The molecule has 11 nitrogen and oxygen atoms in total. The predicted molar refractivity (Wildman–Crippen MR) is 282 cm³/mol. The first-order valence-corrected chi connectivity index (χ1v) is 27.4. The fraction of sp³-hybridized carbons (Fsp3) is 0.724. The Morgan fingerprint density at radius 3 is 1.59 bits per heavy atom. The summed E-state index contributed by atoms with van der Waals surface area (Å²) in [4.78, 5) is 26.4. The van der Waals surface area contributed by atoms with Gasteiger partial charge >= 0.3 is 5.97 Å². The number of amides is 1. The molecule has 6 N–H and O–H groups in total. The van der Waals surface area contributed by atoms with Crippen molar-refractivity contribution < 1.29 is 49.3 Å². The van der Waals surface area contributed by atoms with Crippen molar-refractivity contribution in [3.8, 4) is 0 Å². The smallest absolute Gasteiger partial charge is 0.306 e. The maximum absolute atomic E-state index is 13.3. The second kappa shape index (κ2) is 45.9. The molecule has 1 saturated heterocycles. The molecule has 1 rings (SSSR count). The normalized spacial score (nSPS) is 20.5. The van der Waals surface area contributed by atoms with Gasteiger partial charge in [-0.25, -0.2) is 0 Å². The largest absolute Gasteiger partial charge is 0.454 e. The number of rotatable bonds is 44. The van der Waals surface area contributed by atoms with Gasteiger partial charge in [0.15, 0.2) is 12.4 Å². The SMILES string of the molecule is CC/C=C/C=C/C=C\C=C/C=C/CCC(O)C(=O)NC(COC1OC(CO)C(O)C(O)C1OC(=O)CCCCCCCCC/C=C\CCCCCC)C(O)/C=C/CCCCCCCCCCCCC. The quantitative estimate of drug-likeness (QED) is 0.0149. The number of aliphatic hydroxyl groups is 5. The zero-order valence-corrected chi connectivity index (χ0v) is 43.4. The van der Waals surface area contributed by atoms with Crippen LogP contribution in [0, 0.1) is 0 Å². The molecule has 11 heteroatoms. The van der Waals surface area contributed by atoms with Gasteiger partial charge in [0, 0.05) is 6.42 Å². The zero-order valence-electron chi connectivity index (χ0n) is 43.4. The van der Waals surface area contributed by atoms with E-state index >= 15 is 0 Å². The molecular formula is C58H99NO10. The van der Waals surface area contributed by atoms with Gasteiger partial charge in [0.05, 0.1) is 25.4 Å². The molecule has 1 aliphatic heterocycles. The lowest BCUT2D eigenvalue weighted by Gasteiger charge is -2.41. The Balaban J connectivity index is 2.81. The summed E-state index contributed by atoms with van der Waals surface area (Å²) >= 11 is 0. The highest BCUT2D eigenvalue weighted by molar-refractivity contribution is 5.80. The third kappa shape index (κ3) is 34.7. The van der Waals surface area contributed by atoms with E-state index in [1.165, 1.54) is 96.3 Å². The zero-order chi connectivity index (χ0) is 50.4. The highest BCUT2D eigenvalue weighted by atomic mass is 16.7. The summed E-state index contributed by atoms with van der Waals surface area (Å²) in [5.74, 6) is -1.28. The first-order valence-electron chi connectivity index (χ1n) is 27.4. The maximum Gasteiger partial charge on any atom is 0.306 e. The van der Waals surface area contributed by atoms with Crippen molar-refractivity contribution in [2.75, 3.05) is 13.2 Å². The number of esters is 1. The minimum atomic E-state index is -1.63. The topological polar surface area (TPSA) is 175 Å². The van der Waals surface area contributed by atoms with Gasteiger partial charge in [0.25, 0.3) is 0 Å². The summed E-state index contributed by atoms with van der Waals surface area (Å²) < 4.78 is 17.5. The monoisotopic (exact) mass is 970 g/mol. The Bertz CT molecular complexity index is 1440. The number of hydrogen-bond acceptors (Lipinski definition) is 10. The van der Waals surface area contributed by atoms with E-state index in [0.29, 0.717) is 12.8 Å². The molecule has 0 radical (unpaired) electrons. The first kappa shape index (κ1) is 63.9. The van der Waals surface area contributed by atoms with E-state index in [-0.39, 0.29) is 19.4 Å². The van der Waals surface area contributed by atoms with E-state index in [1.54, 1.807) is 6.08 Å². The van der Waals surface area contributed by atoms with Gasteiger partial charge in [-0.1, -0.05) is 221 Å². The van der Waals surface area contributed by atoms with Crippen LogP contribution in [0.4, 0.5) is 0 Å². The molecule has 0 aromatic carbocycles. The third-order valence-electron chi connectivity index (χ3n) is 12.4. The van der Waals surface area contributed by atoms with E-state index in [4.69, 9.17) is 14.2 Å². The van der Waals surface area contributed by atoms with E-state index in [1.807, 2.05) is 60.8 Å². The van der Waals surface area contributed by atoms with Gasteiger partial charge in [-0.05, 0) is 64.2 Å². The lowest BCUT2D eigenvalue weighted by Crippen LogP contribution is -2.61. The Labute approximate surface area is 419 Å². The fourth-order valence-electron chi connectivity index (χ4n) is 8.03. The van der Waals surface area contributed by atoms with Crippen LogP contribution in [0.15, 0.2) is 85.1 Å². The van der Waals surface area contributed by atoms with Gasteiger partial charge in [-0.3, -0.25) is 9.59 Å². The average molecular weight is 970 g/mol. The second-order valence-corrected chi connectivity index (χ2v) is 18.7. The van der Waals surface area contributed by atoms with Crippen LogP contribution >= 0.6 is 0 Å². The molecule has 0 spiro atoms. The summed E-state index contributed by atoms with van der Waals surface area (Å²) in [6.45, 7) is 5.55. The van der Waals surface area contributed by atoms with E-state index in [2.05, 4.69) is 44.3 Å². The molecule has 8 atom stereocenters. The number of aliphatic hydroxyl groups excluding tert-OH is 5. The molecule has 1 fully saturated rings. The molecule has 0 saturated carbocycles. The Morgan fingerprint density at radius 2 is 1.06 bits per heavy atom. The van der Waals surface area contributed by atoms with Crippen molar-refractivity contribution in [2.45, 2.75) is 256 Å². The molecule has 0 aliphatic carbocycles. The maximum atomic E-state index is 13.3. The predicted octanol–water partition coefficient (Wildman–Crippen LogP) is 11.8. The lowest BCUT2D eigenvalue weighted by atomic mass is 9.99. The van der Waals surface area contributed by atoms with Gasteiger partial charge < -0.3 is 45.1 Å². The number of unbranched alkanes of at least 4 members (excludes halogenated alkanes) is 22. The molecule has 69 heavy (non-hydrogen) atoms. The van der Waals surface area contributed by atoms with Gasteiger partial charge in [0.1, 0.15) is 24.4 Å². The number of nitrogens with one attached hydrogen (secondary N) is 1. The second-order valence-electron chi connectivity index (χ2n) is 18.7. The van der Waals surface area contributed by atoms with Crippen molar-refractivity contribution in [1.29, 1.82) is 0 Å². The van der Waals surface area contributed by atoms with Crippen LogP contribution in [0.25, 0.3) is 0 Å². The van der Waals surface area contributed by atoms with Crippen molar-refractivity contribution in [1.82, 2.24) is 5.32 Å². The van der Waals surface area contributed by atoms with Gasteiger partial charge in [0.2, 0.25) is 5.91 Å². The molecule has 1 amide bonds. The van der Waals surface area contributed by atoms with Crippen molar-refractivity contribution in [3.63, 3.8) is 0 Å². The van der Waals surface area contributed by atoms with Crippen LogP contribution in [0.5, 0.6) is 0 Å². The number of ether oxygens (including phenoxy) is 3. The summed E-state index contributed by atoms with van der Waals surface area (Å²) in [5, 5.41) is 56.6. The molecular weight excluding hydrogens is 871 g/mol. The van der Waals surface area contributed by atoms with Crippen LogP contribution < -0.4 is 5.32 Å². The lowest BCUT2D eigenvalue weighted by molar-refractivity contribution is -0.305. The summed E-state index contributed by atoms with van der Waals surface area (Å²) in [6.07, 6.45) is 47.9. The van der Waals surface area contributed by atoms with E-state index in [0.717, 1.165) is 64.2 Å². The summed E-state index contributed by atoms with van der Waals surface area (Å²) in [7, 11) is 0. The molecule has 0 aromatic heterocycles. The number of carbonyl (C=O) groups is 2. The Hall–Kier alpha value is -3.16. The highest BCUT2D eigenvalue weighted by Crippen LogP contribution is 2.26. The van der Waals surface area contributed by atoms with Crippen LogP contribution in [-0.2, 0) is 23.8 Å². The summed E-state index contributed by atoms with van der Waals surface area (Å²) in [5.41, 5.74) is 0. The Kier molecular flexibility index (Phi) is 42.5. The molecule has 0 aromatic rings. The number of allylic oxidation sites excluding steroid dienone is 13. The van der Waals surface area contributed by atoms with Crippen LogP contribution in [0.2, 0.25) is 0 Å². The Morgan fingerprint density at radius 1 is 0.580 bits per heavy atom. The van der Waals surface area contributed by atoms with Crippen LogP contribution in [0.1, 0.15) is 207 Å². The van der Waals surface area contributed by atoms with Crippen LogP contribution in [0.3, 0.4) is 0 Å². The number of carbonyl (C=O) groups excluding carboxylic acids is 2. The minimum absolute atomic E-state index is 0.106. The molecule has 8 unspecified atom stereocenters. The van der Waals surface area contributed by atoms with E-state index < -0.39 is 67.4 Å². The standard InChI is InChI=1S/C58H99NO10/c1-4-7-10-13-16-19-22-25-26-28-31-34-37-40-43-46-53(63)69-56-55(65)54(64)52(47-60)68-58(56)67-48-49(50(61)44-41-38-35-32-30-27-23-20-17-14-11-8-5-2)59-57(66)51(62)45-42-39-36-33-29-24-21-18-15-12-9-6-3/h9,12,15,18-19,21-22,24,29,33,36,39,41,44,49-52,54-56,58,60-62,64-65H,4-8,10-11,13-14,16-17,20,23,25-28,30-32,34-35,37-38,40,42-43,45-48H2,1-3H3,(H,59,66)/b12-9+,18-15+,22-19-,24-21-,33-29-,39-36+,44-41+. The average Bonchev–Trinajstić information content (AvgIpc) is 3.34. The van der Waals surface area contributed by atoms with Crippen molar-refractivity contribution in [3.05, 3.63) is 85.1 Å². The summed E-state index contributed by atoms with van der Waals surface area (Å²) in [6, 6.07) is -1.06. The van der Waals surface area contributed by atoms with Gasteiger partial charge in [-0.15, -0.1) is 0 Å². The van der Waals surface area contributed by atoms with Crippen LogP contribution in [-0.4, -0.2) is 99.6 Å². The fourth-order valence-corrected chi connectivity index (χ4v) is 8.03.